The lowest BCUT2D eigenvalue weighted by atomic mass is 10.0. The summed E-state index contributed by atoms with van der Waals surface area (Å²) in [6, 6.07) is 13.4. The molecule has 2 N–H and O–H groups in total. The molecule has 7 heteroatoms. The van der Waals surface area contributed by atoms with Gasteiger partial charge in [0.05, 0.1) is 10.6 Å². The van der Waals surface area contributed by atoms with Gasteiger partial charge in [-0.3, -0.25) is 9.52 Å². The highest BCUT2D eigenvalue weighted by molar-refractivity contribution is 7.92. The Morgan fingerprint density at radius 2 is 1.67 bits per heavy atom. The SMILES string of the molecule is Cc1ccccc1NS(=O)(=O)c1ccc(C(=O)N2C[C@H]3CNC[C@H]3C2)cc1. The van der Waals surface area contributed by atoms with Crippen LogP contribution in [0.1, 0.15) is 15.9 Å². The van der Waals surface area contributed by atoms with E-state index in [2.05, 4.69) is 10.0 Å². The number of benzene rings is 2. The summed E-state index contributed by atoms with van der Waals surface area (Å²) in [6.45, 7) is 5.32. The van der Waals surface area contributed by atoms with E-state index in [9.17, 15) is 13.2 Å². The molecular formula is C20H23N3O3S. The van der Waals surface area contributed by atoms with Crippen LogP contribution in [0.25, 0.3) is 0 Å². The van der Waals surface area contributed by atoms with Gasteiger partial charge in [0.15, 0.2) is 0 Å². The summed E-state index contributed by atoms with van der Waals surface area (Å²) >= 11 is 0. The summed E-state index contributed by atoms with van der Waals surface area (Å²) in [7, 11) is -3.69. The van der Waals surface area contributed by atoms with Crippen molar-refractivity contribution in [2.75, 3.05) is 30.9 Å². The van der Waals surface area contributed by atoms with Crippen molar-refractivity contribution in [1.82, 2.24) is 10.2 Å². The van der Waals surface area contributed by atoms with Crippen LogP contribution in [0.15, 0.2) is 53.4 Å². The lowest BCUT2D eigenvalue weighted by molar-refractivity contribution is 0.0781. The van der Waals surface area contributed by atoms with E-state index in [1.54, 1.807) is 24.3 Å². The van der Waals surface area contributed by atoms with E-state index < -0.39 is 10.0 Å². The highest BCUT2D eigenvalue weighted by atomic mass is 32.2. The van der Waals surface area contributed by atoms with Gasteiger partial charge in [-0.2, -0.15) is 0 Å². The molecule has 4 rings (SSSR count). The molecule has 0 aliphatic carbocycles. The molecule has 2 fully saturated rings. The number of carbonyl (C=O) groups excluding carboxylic acids is 1. The number of nitrogens with zero attached hydrogens (tertiary/aromatic N) is 1. The molecule has 1 amide bonds. The number of amides is 1. The zero-order chi connectivity index (χ0) is 19.0. The van der Waals surface area contributed by atoms with Crippen molar-refractivity contribution >= 4 is 21.6 Å². The molecule has 2 aromatic carbocycles. The predicted molar refractivity (Wildman–Crippen MR) is 104 cm³/mol. The van der Waals surface area contributed by atoms with Gasteiger partial charge in [-0.05, 0) is 54.7 Å². The topological polar surface area (TPSA) is 78.5 Å². The Bertz CT molecular complexity index is 945. The van der Waals surface area contributed by atoms with Gasteiger partial charge in [0, 0.05) is 31.7 Å². The van der Waals surface area contributed by atoms with E-state index in [0.717, 1.165) is 31.7 Å². The van der Waals surface area contributed by atoms with Crippen LogP contribution in [0.2, 0.25) is 0 Å². The third-order valence-electron chi connectivity index (χ3n) is 5.48. The Kier molecular flexibility index (Phi) is 4.65. The Labute approximate surface area is 159 Å². The monoisotopic (exact) mass is 385 g/mol. The summed E-state index contributed by atoms with van der Waals surface area (Å²) in [5.41, 5.74) is 1.93. The Hall–Kier alpha value is -2.38. The quantitative estimate of drug-likeness (QED) is 0.845. The van der Waals surface area contributed by atoms with Gasteiger partial charge in [-0.15, -0.1) is 0 Å². The number of fused-ring (bicyclic) bond motifs is 1. The third-order valence-corrected chi connectivity index (χ3v) is 6.86. The molecule has 6 nitrogen and oxygen atoms in total. The molecule has 2 aliphatic rings. The molecule has 142 valence electrons. The second-order valence-corrected chi connectivity index (χ2v) is 9.02. The van der Waals surface area contributed by atoms with E-state index in [4.69, 9.17) is 0 Å². The normalized spacial score (nSPS) is 21.9. The second kappa shape index (κ2) is 6.98. The number of likely N-dealkylation sites (tertiary alicyclic amines) is 1. The minimum absolute atomic E-state index is 0.0276. The molecule has 27 heavy (non-hydrogen) atoms. The molecule has 0 aromatic heterocycles. The maximum atomic E-state index is 12.7. The number of hydrogen-bond donors (Lipinski definition) is 2. The van der Waals surface area contributed by atoms with E-state index in [0.29, 0.717) is 23.1 Å². The van der Waals surface area contributed by atoms with Crippen molar-refractivity contribution in [3.05, 3.63) is 59.7 Å². The molecule has 0 spiro atoms. The number of nitrogens with one attached hydrogen (secondary N) is 2. The molecule has 2 aliphatic heterocycles. The number of aryl methyl sites for hydroxylation is 1. The number of carbonyl (C=O) groups is 1. The van der Waals surface area contributed by atoms with Gasteiger partial charge in [0.25, 0.3) is 15.9 Å². The minimum Gasteiger partial charge on any atom is -0.338 e. The van der Waals surface area contributed by atoms with Crippen LogP contribution >= 0.6 is 0 Å². The number of para-hydroxylation sites is 1. The average molecular weight is 385 g/mol. The summed E-state index contributed by atoms with van der Waals surface area (Å²) in [5.74, 6) is 1.04. The Morgan fingerprint density at radius 3 is 2.30 bits per heavy atom. The highest BCUT2D eigenvalue weighted by Crippen LogP contribution is 2.27. The maximum absolute atomic E-state index is 12.7. The predicted octanol–water partition coefficient (Wildman–Crippen LogP) is 2.09. The second-order valence-electron chi connectivity index (χ2n) is 7.33. The fourth-order valence-electron chi connectivity index (χ4n) is 3.87. The molecule has 2 atom stereocenters. The summed E-state index contributed by atoms with van der Waals surface area (Å²) in [4.78, 5) is 14.7. The Morgan fingerprint density at radius 1 is 1.04 bits per heavy atom. The van der Waals surface area contributed by atoms with Crippen LogP contribution in [0, 0.1) is 18.8 Å². The summed E-state index contributed by atoms with van der Waals surface area (Å²) < 4.78 is 27.8. The lowest BCUT2D eigenvalue weighted by Crippen LogP contribution is -2.31. The van der Waals surface area contributed by atoms with Gasteiger partial charge in [-0.1, -0.05) is 18.2 Å². The molecule has 0 unspecified atom stereocenters. The van der Waals surface area contributed by atoms with Gasteiger partial charge < -0.3 is 10.2 Å². The number of anilines is 1. The molecule has 0 bridgehead atoms. The molecule has 0 saturated carbocycles. The average Bonchev–Trinajstić information content (AvgIpc) is 3.25. The van der Waals surface area contributed by atoms with Crippen LogP contribution in [0.3, 0.4) is 0 Å². The third kappa shape index (κ3) is 3.57. The summed E-state index contributed by atoms with van der Waals surface area (Å²) in [6.07, 6.45) is 0. The van der Waals surface area contributed by atoms with Crippen molar-refractivity contribution in [2.24, 2.45) is 11.8 Å². The first kappa shape index (κ1) is 18.0. The first-order valence-electron chi connectivity index (χ1n) is 9.12. The summed E-state index contributed by atoms with van der Waals surface area (Å²) in [5, 5.41) is 3.36. The molecule has 2 heterocycles. The lowest BCUT2D eigenvalue weighted by Gasteiger charge is -2.18. The van der Waals surface area contributed by atoms with Crippen LogP contribution < -0.4 is 10.0 Å². The van der Waals surface area contributed by atoms with E-state index in [-0.39, 0.29) is 10.8 Å². The zero-order valence-electron chi connectivity index (χ0n) is 15.2. The van der Waals surface area contributed by atoms with Crippen LogP contribution in [0.5, 0.6) is 0 Å². The number of sulfonamides is 1. The smallest absolute Gasteiger partial charge is 0.261 e. The van der Waals surface area contributed by atoms with E-state index >= 15 is 0 Å². The van der Waals surface area contributed by atoms with Gasteiger partial charge in [0.1, 0.15) is 0 Å². The van der Waals surface area contributed by atoms with Crippen LogP contribution in [-0.2, 0) is 10.0 Å². The van der Waals surface area contributed by atoms with Crippen molar-refractivity contribution in [1.29, 1.82) is 0 Å². The zero-order valence-corrected chi connectivity index (χ0v) is 16.0. The Balaban J connectivity index is 1.48. The molecular weight excluding hydrogens is 362 g/mol. The largest absolute Gasteiger partial charge is 0.338 e. The first-order chi connectivity index (χ1) is 12.9. The van der Waals surface area contributed by atoms with Crippen molar-refractivity contribution in [3.8, 4) is 0 Å². The maximum Gasteiger partial charge on any atom is 0.261 e. The van der Waals surface area contributed by atoms with Gasteiger partial charge >= 0.3 is 0 Å². The fraction of sp³-hybridized carbons (Fsp3) is 0.350. The molecule has 0 radical (unpaired) electrons. The highest BCUT2D eigenvalue weighted by Gasteiger charge is 2.38. The van der Waals surface area contributed by atoms with Gasteiger partial charge in [0.2, 0.25) is 0 Å². The van der Waals surface area contributed by atoms with Crippen LogP contribution in [0.4, 0.5) is 5.69 Å². The fourth-order valence-corrected chi connectivity index (χ4v) is 5.00. The first-order valence-corrected chi connectivity index (χ1v) is 10.6. The van der Waals surface area contributed by atoms with Gasteiger partial charge in [-0.25, -0.2) is 8.42 Å². The van der Waals surface area contributed by atoms with E-state index in [1.165, 1.54) is 12.1 Å². The van der Waals surface area contributed by atoms with E-state index in [1.807, 2.05) is 24.0 Å². The molecule has 2 aromatic rings. The van der Waals surface area contributed by atoms with Crippen molar-refractivity contribution in [3.63, 3.8) is 0 Å². The molecule has 2 saturated heterocycles. The number of hydrogen-bond acceptors (Lipinski definition) is 4. The minimum atomic E-state index is -3.69. The van der Waals surface area contributed by atoms with Crippen molar-refractivity contribution in [2.45, 2.75) is 11.8 Å². The standard InChI is InChI=1S/C20H23N3O3S/c1-14-4-2-3-5-19(14)22-27(25,26)18-8-6-15(7-9-18)20(24)23-12-16-10-21-11-17(16)13-23/h2-9,16-17,21-22H,10-13H2,1H3/t16-,17+. The van der Waals surface area contributed by atoms with Crippen LogP contribution in [-0.4, -0.2) is 45.4 Å². The number of rotatable bonds is 4. The van der Waals surface area contributed by atoms with Crippen molar-refractivity contribution < 1.29 is 13.2 Å².